The predicted molar refractivity (Wildman–Crippen MR) is 66.1 cm³/mol. The zero-order valence-electron chi connectivity index (χ0n) is 9.87. The fourth-order valence-electron chi connectivity index (χ4n) is 1.34. The number of hydrogen-bond acceptors (Lipinski definition) is 3. The average molecular weight is 258 g/mol. The number of carbonyl (C=O) groups excluding carboxylic acids is 1. The second-order valence-corrected chi connectivity index (χ2v) is 4.30. The first-order valence-corrected chi connectivity index (χ1v) is 5.72. The van der Waals surface area contributed by atoms with Crippen molar-refractivity contribution in [3.05, 3.63) is 28.8 Å². The third kappa shape index (κ3) is 4.24. The zero-order valence-corrected chi connectivity index (χ0v) is 10.6. The van der Waals surface area contributed by atoms with Crippen LogP contribution in [0.4, 0.5) is 0 Å². The first-order chi connectivity index (χ1) is 8.04. The Hall–Kier alpha value is -1.26. The van der Waals surface area contributed by atoms with Crippen molar-refractivity contribution in [2.75, 3.05) is 6.61 Å². The Morgan fingerprint density at radius 1 is 1.53 bits per heavy atom. The summed E-state index contributed by atoms with van der Waals surface area (Å²) in [5.74, 6) is 0.138. The van der Waals surface area contributed by atoms with E-state index in [1.54, 1.807) is 18.2 Å². The number of aliphatic hydroxyl groups is 1. The van der Waals surface area contributed by atoms with E-state index in [1.807, 2.05) is 13.8 Å². The maximum atomic E-state index is 11.4. The third-order valence-electron chi connectivity index (χ3n) is 2.02. The van der Waals surface area contributed by atoms with Crippen molar-refractivity contribution in [2.24, 2.45) is 0 Å². The Morgan fingerprint density at radius 3 is 2.82 bits per heavy atom. The summed E-state index contributed by atoms with van der Waals surface area (Å²) >= 11 is 5.93. The minimum absolute atomic E-state index is 0.0645. The van der Waals surface area contributed by atoms with Gasteiger partial charge in [-0.05, 0) is 19.9 Å². The normalized spacial score (nSPS) is 10.4. The maximum absolute atomic E-state index is 11.4. The van der Waals surface area contributed by atoms with Crippen molar-refractivity contribution in [2.45, 2.75) is 26.5 Å². The number of hydrogen-bond donors (Lipinski definition) is 2. The molecule has 0 spiro atoms. The highest BCUT2D eigenvalue weighted by Crippen LogP contribution is 2.28. The molecule has 0 aliphatic heterocycles. The summed E-state index contributed by atoms with van der Waals surface area (Å²) in [4.78, 5) is 11.4. The summed E-state index contributed by atoms with van der Waals surface area (Å²) in [6, 6.07) is 5.13. The van der Waals surface area contributed by atoms with Crippen molar-refractivity contribution in [3.63, 3.8) is 0 Å². The van der Waals surface area contributed by atoms with Gasteiger partial charge in [-0.3, -0.25) is 4.79 Å². The van der Waals surface area contributed by atoms with Gasteiger partial charge < -0.3 is 15.2 Å². The summed E-state index contributed by atoms with van der Waals surface area (Å²) < 4.78 is 5.32. The van der Waals surface area contributed by atoms with Crippen LogP contribution in [0.5, 0.6) is 5.75 Å². The van der Waals surface area contributed by atoms with Gasteiger partial charge in [-0.1, -0.05) is 23.7 Å². The second kappa shape index (κ2) is 6.47. The van der Waals surface area contributed by atoms with E-state index in [0.717, 1.165) is 0 Å². The van der Waals surface area contributed by atoms with Crippen LogP contribution in [0.25, 0.3) is 0 Å². The molecular weight excluding hydrogens is 242 g/mol. The van der Waals surface area contributed by atoms with Gasteiger partial charge in [0, 0.05) is 11.6 Å². The van der Waals surface area contributed by atoms with Gasteiger partial charge >= 0.3 is 0 Å². The van der Waals surface area contributed by atoms with E-state index < -0.39 is 0 Å². The van der Waals surface area contributed by atoms with Gasteiger partial charge in [-0.2, -0.15) is 0 Å². The Labute approximate surface area is 106 Å². The van der Waals surface area contributed by atoms with E-state index in [0.29, 0.717) is 16.3 Å². The summed E-state index contributed by atoms with van der Waals surface area (Å²) in [5.41, 5.74) is 0.565. The molecule has 5 heteroatoms. The number of ether oxygens (including phenoxy) is 1. The monoisotopic (exact) mass is 257 g/mol. The number of amides is 1. The number of para-hydroxylation sites is 1. The maximum Gasteiger partial charge on any atom is 0.258 e. The van der Waals surface area contributed by atoms with Crippen LogP contribution in [-0.4, -0.2) is 23.7 Å². The molecule has 0 radical (unpaired) electrons. The molecule has 1 rings (SSSR count). The number of benzene rings is 1. The Kier molecular flexibility index (Phi) is 5.25. The highest BCUT2D eigenvalue weighted by Gasteiger charge is 2.10. The molecule has 2 N–H and O–H groups in total. The van der Waals surface area contributed by atoms with Crippen LogP contribution < -0.4 is 10.1 Å². The highest BCUT2D eigenvalue weighted by molar-refractivity contribution is 6.32. The van der Waals surface area contributed by atoms with Gasteiger partial charge in [0.05, 0.1) is 11.6 Å². The van der Waals surface area contributed by atoms with Gasteiger partial charge in [0.25, 0.3) is 5.91 Å². The van der Waals surface area contributed by atoms with Crippen molar-refractivity contribution >= 4 is 17.5 Å². The molecule has 0 bridgehead atoms. The van der Waals surface area contributed by atoms with Gasteiger partial charge in [0.1, 0.15) is 5.75 Å². The molecule has 1 aromatic rings. The number of carbonyl (C=O) groups is 1. The number of rotatable bonds is 5. The van der Waals surface area contributed by atoms with Crippen molar-refractivity contribution in [1.29, 1.82) is 0 Å². The summed E-state index contributed by atoms with van der Waals surface area (Å²) in [6.07, 6.45) is 0. The van der Waals surface area contributed by atoms with Gasteiger partial charge in [0.2, 0.25) is 0 Å². The molecule has 17 heavy (non-hydrogen) atoms. The Morgan fingerprint density at radius 2 is 2.24 bits per heavy atom. The first-order valence-electron chi connectivity index (χ1n) is 5.35. The lowest BCUT2D eigenvalue weighted by Gasteiger charge is -2.13. The lowest BCUT2D eigenvalue weighted by Crippen LogP contribution is -2.34. The van der Waals surface area contributed by atoms with Crippen LogP contribution >= 0.6 is 11.6 Å². The summed E-state index contributed by atoms with van der Waals surface area (Å²) in [5, 5.41) is 12.2. The minimum atomic E-state index is -0.219. The molecule has 0 aromatic heterocycles. The van der Waals surface area contributed by atoms with Crippen LogP contribution in [0.3, 0.4) is 0 Å². The SMILES string of the molecule is CC(C)NC(=O)COc1c(Cl)cccc1CO. The van der Waals surface area contributed by atoms with E-state index in [-0.39, 0.29) is 25.2 Å². The minimum Gasteiger partial charge on any atom is -0.482 e. The zero-order chi connectivity index (χ0) is 12.8. The van der Waals surface area contributed by atoms with Gasteiger partial charge in [-0.25, -0.2) is 0 Å². The van der Waals surface area contributed by atoms with E-state index in [2.05, 4.69) is 5.32 Å². The first kappa shape index (κ1) is 13.8. The highest BCUT2D eigenvalue weighted by atomic mass is 35.5. The molecule has 0 saturated carbocycles. The van der Waals surface area contributed by atoms with E-state index >= 15 is 0 Å². The molecule has 0 atom stereocenters. The Balaban J connectivity index is 2.65. The van der Waals surface area contributed by atoms with Crippen LogP contribution in [0.15, 0.2) is 18.2 Å². The van der Waals surface area contributed by atoms with Crippen LogP contribution in [0.2, 0.25) is 5.02 Å². The number of aliphatic hydroxyl groups excluding tert-OH is 1. The largest absolute Gasteiger partial charge is 0.482 e. The van der Waals surface area contributed by atoms with Crippen molar-refractivity contribution in [3.8, 4) is 5.75 Å². The fourth-order valence-corrected chi connectivity index (χ4v) is 1.59. The standard InChI is InChI=1S/C12H16ClNO3/c1-8(2)14-11(16)7-17-12-9(6-15)4-3-5-10(12)13/h3-5,8,15H,6-7H2,1-2H3,(H,14,16). The molecule has 0 unspecified atom stereocenters. The van der Waals surface area contributed by atoms with E-state index in [4.69, 9.17) is 21.4 Å². The average Bonchev–Trinajstić information content (AvgIpc) is 2.26. The lowest BCUT2D eigenvalue weighted by molar-refractivity contribution is -0.123. The van der Waals surface area contributed by atoms with Gasteiger partial charge in [0.15, 0.2) is 6.61 Å². The van der Waals surface area contributed by atoms with Crippen LogP contribution in [0.1, 0.15) is 19.4 Å². The van der Waals surface area contributed by atoms with Crippen LogP contribution in [0, 0.1) is 0 Å². The van der Waals surface area contributed by atoms with E-state index in [9.17, 15) is 4.79 Å². The molecule has 0 aliphatic carbocycles. The molecule has 1 amide bonds. The van der Waals surface area contributed by atoms with E-state index in [1.165, 1.54) is 0 Å². The molecule has 0 heterocycles. The molecular formula is C12H16ClNO3. The molecule has 0 fully saturated rings. The number of nitrogens with one attached hydrogen (secondary N) is 1. The summed E-state index contributed by atoms with van der Waals surface area (Å²) in [6.45, 7) is 3.44. The van der Waals surface area contributed by atoms with Crippen LogP contribution in [-0.2, 0) is 11.4 Å². The van der Waals surface area contributed by atoms with Crippen molar-refractivity contribution < 1.29 is 14.6 Å². The fraction of sp³-hybridized carbons (Fsp3) is 0.417. The molecule has 4 nitrogen and oxygen atoms in total. The predicted octanol–water partition coefficient (Wildman–Crippen LogP) is 1.74. The Bertz CT molecular complexity index is 393. The lowest BCUT2D eigenvalue weighted by atomic mass is 10.2. The molecule has 0 aliphatic rings. The molecule has 94 valence electrons. The molecule has 0 saturated heterocycles. The summed E-state index contributed by atoms with van der Waals surface area (Å²) in [7, 11) is 0. The van der Waals surface area contributed by atoms with Crippen molar-refractivity contribution in [1.82, 2.24) is 5.32 Å². The van der Waals surface area contributed by atoms with Gasteiger partial charge in [-0.15, -0.1) is 0 Å². The topological polar surface area (TPSA) is 58.6 Å². The smallest absolute Gasteiger partial charge is 0.258 e. The quantitative estimate of drug-likeness (QED) is 0.845. The number of halogens is 1. The second-order valence-electron chi connectivity index (χ2n) is 3.90. The molecule has 1 aromatic carbocycles. The third-order valence-corrected chi connectivity index (χ3v) is 2.31.